The Hall–Kier alpha value is -2.77. The second-order valence-electron chi connectivity index (χ2n) is 10.7. The minimum atomic E-state index is -0.449. The molecule has 1 unspecified atom stereocenters. The van der Waals surface area contributed by atoms with Crippen LogP contribution in [0.2, 0.25) is 0 Å². The lowest BCUT2D eigenvalue weighted by molar-refractivity contribution is -0.119. The molecule has 0 bridgehead atoms. The lowest BCUT2D eigenvalue weighted by Crippen LogP contribution is -2.39. The predicted molar refractivity (Wildman–Crippen MR) is 137 cm³/mol. The van der Waals surface area contributed by atoms with Gasteiger partial charge in [-0.05, 0) is 99.8 Å². The van der Waals surface area contributed by atoms with Crippen molar-refractivity contribution in [3.8, 4) is 0 Å². The molecule has 1 fully saturated rings. The van der Waals surface area contributed by atoms with Crippen molar-refractivity contribution in [2.24, 2.45) is 0 Å². The van der Waals surface area contributed by atoms with Crippen molar-refractivity contribution < 1.29 is 18.8 Å². The van der Waals surface area contributed by atoms with E-state index in [1.54, 1.807) is 6.07 Å². The number of aromatic nitrogens is 1. The van der Waals surface area contributed by atoms with Crippen molar-refractivity contribution in [2.75, 3.05) is 31.1 Å². The molecule has 1 N–H and O–H groups in total. The molecule has 3 aromatic rings. The topological polar surface area (TPSA) is 69.8 Å². The van der Waals surface area contributed by atoms with Crippen LogP contribution in [-0.2, 0) is 17.6 Å². The summed E-state index contributed by atoms with van der Waals surface area (Å²) >= 11 is 0. The van der Waals surface area contributed by atoms with Crippen LogP contribution in [0, 0.1) is 5.82 Å². The van der Waals surface area contributed by atoms with E-state index in [0.29, 0.717) is 17.9 Å². The Kier molecular flexibility index (Phi) is 6.52. The molecule has 3 aliphatic heterocycles. The third-order valence-electron chi connectivity index (χ3n) is 8.32. The molecule has 2 aromatic carbocycles. The van der Waals surface area contributed by atoms with Crippen molar-refractivity contribution in [1.82, 2.24) is 10.1 Å². The molecule has 4 heterocycles. The van der Waals surface area contributed by atoms with Crippen LogP contribution in [0.25, 0.3) is 11.0 Å². The van der Waals surface area contributed by atoms with Crippen molar-refractivity contribution in [3.63, 3.8) is 0 Å². The highest BCUT2D eigenvalue weighted by atomic mass is 19.1. The maximum Gasteiger partial charge on any atom is 0.227 e. The fraction of sp³-hybridized carbons (Fsp3) is 0.517. The van der Waals surface area contributed by atoms with Gasteiger partial charge in [-0.25, -0.2) is 4.39 Å². The summed E-state index contributed by atoms with van der Waals surface area (Å²) in [6.45, 7) is 3.90. The number of unbranched alkanes of at least 4 members (excludes halogenated alkanes) is 1. The molecule has 0 spiro atoms. The minimum Gasteiger partial charge on any atom is -0.388 e. The van der Waals surface area contributed by atoms with Gasteiger partial charge in [-0.3, -0.25) is 4.79 Å². The minimum absolute atomic E-state index is 0.241. The summed E-state index contributed by atoms with van der Waals surface area (Å²) < 4.78 is 18.8. The Bertz CT molecular complexity index is 1250. The van der Waals surface area contributed by atoms with Gasteiger partial charge in [0.1, 0.15) is 5.82 Å². The lowest BCUT2D eigenvalue weighted by Gasteiger charge is -2.36. The average Bonchev–Trinajstić information content (AvgIpc) is 3.32. The summed E-state index contributed by atoms with van der Waals surface area (Å²) in [4.78, 5) is 16.8. The van der Waals surface area contributed by atoms with Gasteiger partial charge in [-0.15, -0.1) is 0 Å². The van der Waals surface area contributed by atoms with E-state index < -0.39 is 6.10 Å². The lowest BCUT2D eigenvalue weighted by atomic mass is 9.88. The van der Waals surface area contributed by atoms with Gasteiger partial charge in [-0.2, -0.15) is 0 Å². The van der Waals surface area contributed by atoms with E-state index >= 15 is 0 Å². The fourth-order valence-corrected chi connectivity index (χ4v) is 6.37. The fourth-order valence-electron chi connectivity index (χ4n) is 6.37. The number of piperidine rings is 1. The third-order valence-corrected chi connectivity index (χ3v) is 8.32. The van der Waals surface area contributed by atoms with E-state index in [4.69, 9.17) is 4.52 Å². The molecule has 1 aromatic heterocycles. The number of hydrogen-bond acceptors (Lipinski definition) is 5. The largest absolute Gasteiger partial charge is 0.388 e. The maximum atomic E-state index is 13.4. The van der Waals surface area contributed by atoms with Gasteiger partial charge in [-0.1, -0.05) is 17.3 Å². The Morgan fingerprint density at radius 2 is 1.86 bits per heavy atom. The number of halogens is 1. The molecular weight excluding hydrogens is 457 g/mol. The second-order valence-corrected chi connectivity index (χ2v) is 10.7. The average molecular weight is 492 g/mol. The number of aliphatic hydroxyl groups excluding tert-OH is 1. The van der Waals surface area contributed by atoms with E-state index in [-0.39, 0.29) is 11.7 Å². The zero-order valence-electron chi connectivity index (χ0n) is 20.7. The van der Waals surface area contributed by atoms with Crippen LogP contribution >= 0.6 is 0 Å². The van der Waals surface area contributed by atoms with E-state index in [1.807, 2.05) is 4.90 Å². The van der Waals surface area contributed by atoms with Crippen molar-refractivity contribution in [3.05, 3.63) is 58.5 Å². The Morgan fingerprint density at radius 1 is 1.06 bits per heavy atom. The van der Waals surface area contributed by atoms with Crippen molar-refractivity contribution in [1.29, 1.82) is 0 Å². The highest BCUT2D eigenvalue weighted by Crippen LogP contribution is 2.38. The smallest absolute Gasteiger partial charge is 0.227 e. The Labute approximate surface area is 211 Å². The zero-order valence-corrected chi connectivity index (χ0v) is 20.7. The molecular formula is C29H34FN3O3. The number of anilines is 1. The van der Waals surface area contributed by atoms with Gasteiger partial charge < -0.3 is 19.4 Å². The quantitative estimate of drug-likeness (QED) is 0.456. The summed E-state index contributed by atoms with van der Waals surface area (Å²) in [5.74, 6) is 0.297. The number of aliphatic hydroxyl groups is 1. The number of carbonyl (C=O) groups excluding carboxylic acids is 1. The number of benzene rings is 2. The van der Waals surface area contributed by atoms with Crippen LogP contribution in [0.5, 0.6) is 0 Å². The molecule has 0 radical (unpaired) electrons. The molecule has 3 aliphatic rings. The maximum absolute atomic E-state index is 13.4. The number of nitrogens with zero attached hydrogens (tertiary/aromatic N) is 3. The van der Waals surface area contributed by atoms with Gasteiger partial charge in [0.05, 0.1) is 17.5 Å². The molecule has 0 aliphatic carbocycles. The first-order valence-electron chi connectivity index (χ1n) is 13.5. The van der Waals surface area contributed by atoms with E-state index in [0.717, 1.165) is 99.9 Å². The summed E-state index contributed by atoms with van der Waals surface area (Å²) in [6.07, 6.45) is 7.77. The van der Waals surface area contributed by atoms with Gasteiger partial charge in [0, 0.05) is 30.3 Å². The molecule has 6 nitrogen and oxygen atoms in total. The molecule has 1 saturated heterocycles. The highest BCUT2D eigenvalue weighted by Gasteiger charge is 2.30. The van der Waals surface area contributed by atoms with Gasteiger partial charge >= 0.3 is 0 Å². The summed E-state index contributed by atoms with van der Waals surface area (Å²) in [5.41, 5.74) is 6.09. The first-order valence-corrected chi connectivity index (χ1v) is 13.5. The predicted octanol–water partition coefficient (Wildman–Crippen LogP) is 5.28. The molecule has 6 rings (SSSR count). The first-order chi connectivity index (χ1) is 17.6. The Morgan fingerprint density at radius 3 is 2.69 bits per heavy atom. The molecule has 1 atom stereocenters. The normalized spacial score (nSPS) is 19.6. The van der Waals surface area contributed by atoms with E-state index in [9.17, 15) is 14.3 Å². The van der Waals surface area contributed by atoms with Gasteiger partial charge in [0.2, 0.25) is 5.91 Å². The van der Waals surface area contributed by atoms with Crippen molar-refractivity contribution >= 4 is 22.6 Å². The molecule has 36 heavy (non-hydrogen) atoms. The summed E-state index contributed by atoms with van der Waals surface area (Å²) in [6, 6.07) is 8.94. The number of aryl methyl sites for hydroxylation is 2. The van der Waals surface area contributed by atoms with Crippen LogP contribution in [-0.4, -0.2) is 47.2 Å². The van der Waals surface area contributed by atoms with Crippen molar-refractivity contribution in [2.45, 2.75) is 69.8 Å². The van der Waals surface area contributed by atoms with Gasteiger partial charge in [0.15, 0.2) is 5.58 Å². The summed E-state index contributed by atoms with van der Waals surface area (Å²) in [5, 5.41) is 16.1. The number of hydrogen-bond donors (Lipinski definition) is 1. The molecule has 0 saturated carbocycles. The van der Waals surface area contributed by atoms with E-state index in [2.05, 4.69) is 22.2 Å². The SMILES string of the molecule is O=C1CCc2cc(C(O)CCCCN3CCC(c4noc5cc(F)ccc45)CC3)cc3c2N1CCC3. The van der Waals surface area contributed by atoms with Crippen LogP contribution in [0.1, 0.15) is 79.4 Å². The Balaban J connectivity index is 0.985. The monoisotopic (exact) mass is 491 g/mol. The highest BCUT2D eigenvalue weighted by molar-refractivity contribution is 5.97. The van der Waals surface area contributed by atoms with E-state index in [1.165, 1.54) is 23.3 Å². The van der Waals surface area contributed by atoms with Crippen LogP contribution < -0.4 is 4.90 Å². The molecule has 7 heteroatoms. The first kappa shape index (κ1) is 23.6. The van der Waals surface area contributed by atoms with Crippen LogP contribution in [0.3, 0.4) is 0 Å². The molecule has 190 valence electrons. The number of amides is 1. The van der Waals surface area contributed by atoms with Gasteiger partial charge in [0.25, 0.3) is 0 Å². The number of rotatable bonds is 7. The molecule has 1 amide bonds. The van der Waals surface area contributed by atoms with Crippen LogP contribution in [0.4, 0.5) is 10.1 Å². The number of carbonyl (C=O) groups is 1. The second kappa shape index (κ2) is 9.94. The standard InChI is InChI=1S/C29H34FN3O3/c30-23-7-8-24-26(18-23)36-31-28(24)19-10-14-32(15-11-19)12-2-1-5-25(34)22-16-20-4-3-13-33-27(35)9-6-21(17-22)29(20)33/h7-8,16-19,25,34H,1-6,9-15H2. The third kappa shape index (κ3) is 4.55. The number of fused-ring (bicyclic) bond motifs is 1. The van der Waals surface area contributed by atoms with Crippen LogP contribution in [0.15, 0.2) is 34.9 Å². The number of likely N-dealkylation sites (tertiary alicyclic amines) is 1. The summed E-state index contributed by atoms with van der Waals surface area (Å²) in [7, 11) is 0. The zero-order chi connectivity index (χ0) is 24.6.